The third-order valence-electron chi connectivity index (χ3n) is 2.62. The van der Waals surface area contributed by atoms with E-state index >= 15 is 0 Å². The van der Waals surface area contributed by atoms with Crippen molar-refractivity contribution in [1.29, 1.82) is 0 Å². The van der Waals surface area contributed by atoms with E-state index in [2.05, 4.69) is 15.5 Å². The molecule has 2 aromatic rings. The Kier molecular flexibility index (Phi) is 2.71. The molecule has 0 atom stereocenters. The lowest BCUT2D eigenvalue weighted by atomic mass is 10.2. The maximum Gasteiger partial charge on any atom is 0.343 e. The zero-order chi connectivity index (χ0) is 14.1. The quantitative estimate of drug-likeness (QED) is 0.644. The van der Waals surface area contributed by atoms with Gasteiger partial charge in [-0.1, -0.05) is 5.10 Å². The van der Waals surface area contributed by atoms with Crippen LogP contribution < -0.4 is 14.8 Å². The predicted octanol–water partition coefficient (Wildman–Crippen LogP) is 1.30. The number of nitro groups is 1. The van der Waals surface area contributed by atoms with Crippen LogP contribution in [0.15, 0.2) is 24.3 Å². The van der Waals surface area contributed by atoms with Crippen LogP contribution in [0.3, 0.4) is 0 Å². The topological polar surface area (TPSA) is 119 Å². The number of aromatic nitrogens is 2. The number of carbonyl (C=O) groups is 1. The molecule has 9 nitrogen and oxygen atoms in total. The molecule has 2 N–H and O–H groups in total. The summed E-state index contributed by atoms with van der Waals surface area (Å²) in [4.78, 5) is 21.7. The monoisotopic (exact) mass is 276 g/mol. The number of carbonyl (C=O) groups excluding carboxylic acids is 1. The van der Waals surface area contributed by atoms with Gasteiger partial charge in [-0.15, -0.1) is 5.10 Å². The Bertz CT molecular complexity index is 696. The van der Waals surface area contributed by atoms with Gasteiger partial charge in [0.05, 0.1) is 6.07 Å². The van der Waals surface area contributed by atoms with Crippen molar-refractivity contribution in [3.63, 3.8) is 0 Å². The van der Waals surface area contributed by atoms with Gasteiger partial charge in [0.25, 0.3) is 5.91 Å². The van der Waals surface area contributed by atoms with Crippen LogP contribution in [-0.2, 0) is 0 Å². The molecule has 0 saturated carbocycles. The Morgan fingerprint density at radius 2 is 2.15 bits per heavy atom. The summed E-state index contributed by atoms with van der Waals surface area (Å²) in [6, 6.07) is 5.95. The van der Waals surface area contributed by atoms with Crippen LogP contribution in [0.2, 0.25) is 0 Å². The summed E-state index contributed by atoms with van der Waals surface area (Å²) in [6.07, 6.45) is 0. The number of H-pyrrole nitrogens is 1. The van der Waals surface area contributed by atoms with Gasteiger partial charge in [-0.25, -0.2) is 0 Å². The van der Waals surface area contributed by atoms with Gasteiger partial charge in [-0.05, 0) is 17.1 Å². The lowest BCUT2D eigenvalue weighted by molar-refractivity contribution is -0.389. The Labute approximate surface area is 111 Å². The summed E-state index contributed by atoms with van der Waals surface area (Å²) in [5.41, 5.74) is 0.402. The first-order chi connectivity index (χ1) is 9.63. The maximum absolute atomic E-state index is 11.9. The molecule has 9 heteroatoms. The Hall–Kier alpha value is -3.10. The van der Waals surface area contributed by atoms with Crippen molar-refractivity contribution in [3.8, 4) is 11.5 Å². The molecule has 0 spiro atoms. The average Bonchev–Trinajstić information content (AvgIpc) is 3.07. The van der Waals surface area contributed by atoms with Gasteiger partial charge < -0.3 is 24.9 Å². The molecule has 2 heterocycles. The van der Waals surface area contributed by atoms with Crippen LogP contribution in [0.1, 0.15) is 10.5 Å². The Morgan fingerprint density at radius 1 is 1.35 bits per heavy atom. The van der Waals surface area contributed by atoms with Crippen molar-refractivity contribution in [1.82, 2.24) is 10.2 Å². The zero-order valence-corrected chi connectivity index (χ0v) is 9.95. The molecule has 0 unspecified atom stereocenters. The van der Waals surface area contributed by atoms with Crippen molar-refractivity contribution in [2.75, 3.05) is 12.1 Å². The van der Waals surface area contributed by atoms with Crippen LogP contribution in [0, 0.1) is 10.1 Å². The number of rotatable bonds is 3. The largest absolute Gasteiger partial charge is 0.454 e. The molecule has 1 aliphatic heterocycles. The summed E-state index contributed by atoms with van der Waals surface area (Å²) >= 11 is 0. The van der Waals surface area contributed by atoms with Crippen LogP contribution in [0.25, 0.3) is 0 Å². The smallest absolute Gasteiger partial charge is 0.343 e. The number of benzene rings is 1. The highest BCUT2D eigenvalue weighted by atomic mass is 16.7. The fraction of sp³-hybridized carbons (Fsp3) is 0.0909. The molecule has 0 fully saturated rings. The summed E-state index contributed by atoms with van der Waals surface area (Å²) in [5, 5.41) is 18.8. The minimum Gasteiger partial charge on any atom is -0.454 e. The minimum atomic E-state index is -0.662. The van der Waals surface area contributed by atoms with E-state index in [4.69, 9.17) is 9.47 Å². The number of anilines is 1. The Balaban J connectivity index is 1.76. The van der Waals surface area contributed by atoms with E-state index in [-0.39, 0.29) is 18.3 Å². The van der Waals surface area contributed by atoms with Gasteiger partial charge in [0.15, 0.2) is 17.2 Å². The molecule has 1 aromatic heterocycles. The number of nitrogens with one attached hydrogen (secondary N) is 2. The Morgan fingerprint density at radius 3 is 2.90 bits per heavy atom. The van der Waals surface area contributed by atoms with E-state index in [1.807, 2.05) is 0 Å². The number of ether oxygens (including phenoxy) is 2. The first-order valence-corrected chi connectivity index (χ1v) is 5.54. The van der Waals surface area contributed by atoms with Crippen molar-refractivity contribution in [2.45, 2.75) is 0 Å². The van der Waals surface area contributed by atoms with Crippen LogP contribution in [-0.4, -0.2) is 27.8 Å². The van der Waals surface area contributed by atoms with Gasteiger partial charge in [0, 0.05) is 11.8 Å². The molecule has 1 aliphatic rings. The number of amides is 1. The van der Waals surface area contributed by atoms with Crippen LogP contribution in [0.4, 0.5) is 11.5 Å². The van der Waals surface area contributed by atoms with E-state index in [1.54, 1.807) is 18.2 Å². The third-order valence-corrected chi connectivity index (χ3v) is 2.62. The molecule has 0 bridgehead atoms. The van der Waals surface area contributed by atoms with E-state index in [0.717, 1.165) is 6.07 Å². The molecule has 0 saturated heterocycles. The third kappa shape index (κ3) is 2.11. The molecule has 3 rings (SSSR count). The minimum absolute atomic E-state index is 0.0747. The second kappa shape index (κ2) is 4.53. The van der Waals surface area contributed by atoms with Gasteiger partial charge in [0.1, 0.15) is 0 Å². The predicted molar refractivity (Wildman–Crippen MR) is 65.8 cm³/mol. The van der Waals surface area contributed by atoms with Gasteiger partial charge >= 0.3 is 5.82 Å². The molecule has 20 heavy (non-hydrogen) atoms. The summed E-state index contributed by atoms with van der Waals surface area (Å²) in [5.74, 6) is 0.211. The fourth-order valence-corrected chi connectivity index (χ4v) is 1.69. The van der Waals surface area contributed by atoms with Crippen molar-refractivity contribution >= 4 is 17.4 Å². The number of nitrogens with zero attached hydrogens (tertiary/aromatic N) is 2. The number of fused-ring (bicyclic) bond motifs is 1. The first kappa shape index (κ1) is 12.0. The lowest BCUT2D eigenvalue weighted by Gasteiger charge is -2.03. The van der Waals surface area contributed by atoms with Crippen molar-refractivity contribution in [3.05, 3.63) is 40.1 Å². The van der Waals surface area contributed by atoms with E-state index in [0.29, 0.717) is 17.2 Å². The summed E-state index contributed by atoms with van der Waals surface area (Å²) in [7, 11) is 0. The first-order valence-electron chi connectivity index (χ1n) is 5.54. The number of hydrogen-bond donors (Lipinski definition) is 2. The van der Waals surface area contributed by atoms with Crippen molar-refractivity contribution < 1.29 is 19.2 Å². The highest BCUT2D eigenvalue weighted by Gasteiger charge is 2.18. The molecule has 1 amide bonds. The normalized spacial score (nSPS) is 12.2. The zero-order valence-electron chi connectivity index (χ0n) is 9.95. The van der Waals surface area contributed by atoms with E-state index < -0.39 is 10.8 Å². The highest BCUT2D eigenvalue weighted by molar-refractivity contribution is 6.03. The van der Waals surface area contributed by atoms with Gasteiger partial charge in [0.2, 0.25) is 6.79 Å². The molecule has 0 radical (unpaired) electrons. The van der Waals surface area contributed by atoms with Gasteiger partial charge in [-0.3, -0.25) is 4.79 Å². The molecule has 102 valence electrons. The average molecular weight is 276 g/mol. The maximum atomic E-state index is 11.9. The molecule has 0 aliphatic carbocycles. The van der Waals surface area contributed by atoms with E-state index in [1.165, 1.54) is 0 Å². The SMILES string of the molecule is O=C(Nc1ccc2c(c1)OCO2)c1cc([N+](=O)[O-])[nH]n1. The van der Waals surface area contributed by atoms with Crippen LogP contribution in [0.5, 0.6) is 11.5 Å². The fourth-order valence-electron chi connectivity index (χ4n) is 1.69. The molecule has 1 aromatic carbocycles. The number of aromatic amines is 1. The molecular formula is C11H8N4O5. The van der Waals surface area contributed by atoms with Crippen LogP contribution >= 0.6 is 0 Å². The second-order valence-electron chi connectivity index (χ2n) is 3.92. The standard InChI is InChI=1S/C11H8N4O5/c16-11(7-4-10(14-13-7)15(17)18)12-6-1-2-8-9(3-6)20-5-19-8/h1-4H,5H2,(H,12,16)(H,13,14). The number of hydrogen-bond acceptors (Lipinski definition) is 6. The lowest BCUT2D eigenvalue weighted by Crippen LogP contribution is -2.12. The summed E-state index contributed by atoms with van der Waals surface area (Å²) < 4.78 is 10.3. The van der Waals surface area contributed by atoms with E-state index in [9.17, 15) is 14.9 Å². The highest BCUT2D eigenvalue weighted by Crippen LogP contribution is 2.34. The van der Waals surface area contributed by atoms with Gasteiger partial charge in [-0.2, -0.15) is 0 Å². The summed E-state index contributed by atoms with van der Waals surface area (Å²) in [6.45, 7) is 0.137. The molecular weight excluding hydrogens is 268 g/mol. The second-order valence-corrected chi connectivity index (χ2v) is 3.92. The van der Waals surface area contributed by atoms with Crippen molar-refractivity contribution in [2.24, 2.45) is 0 Å².